The first kappa shape index (κ1) is 19.8. The van der Waals surface area contributed by atoms with Gasteiger partial charge in [0.25, 0.3) is 5.91 Å². The minimum atomic E-state index is -2.85. The zero-order valence-electron chi connectivity index (χ0n) is 14.1. The Morgan fingerprint density at radius 1 is 1.35 bits per heavy atom. The number of carboxylic acids is 1. The quantitative estimate of drug-likeness (QED) is 0.764. The highest BCUT2D eigenvalue weighted by Crippen LogP contribution is 2.24. The van der Waals surface area contributed by atoms with E-state index in [0.29, 0.717) is 16.4 Å². The summed E-state index contributed by atoms with van der Waals surface area (Å²) in [6.07, 6.45) is -2.54. The molecule has 0 saturated heterocycles. The topological polar surface area (TPSA) is 84.2 Å². The molecule has 0 fully saturated rings. The van der Waals surface area contributed by atoms with Gasteiger partial charge in [0.15, 0.2) is 0 Å². The number of aliphatic carboxylic acids is 1. The Labute approximate surface area is 153 Å². The molecule has 9 heteroatoms. The third-order valence-electron chi connectivity index (χ3n) is 3.67. The standard InChI is InChI=1S/C17H18ClF2N3O3/c1-9(2)15-12(16(24)22-13(17(25)26)7-14(19)20)8-21-23(15)11-5-3-4-10(18)6-11/h3-6,8-9,13-14H,7H2,1-2H3,(H,22,24)(H,25,26). The molecule has 26 heavy (non-hydrogen) atoms. The Hall–Kier alpha value is -2.48. The molecule has 0 aliphatic heterocycles. The van der Waals surface area contributed by atoms with Crippen LogP contribution in [0, 0.1) is 0 Å². The highest BCUT2D eigenvalue weighted by Gasteiger charge is 2.27. The second-order valence-electron chi connectivity index (χ2n) is 5.98. The smallest absolute Gasteiger partial charge is 0.326 e. The number of aromatic nitrogens is 2. The maximum atomic E-state index is 12.5. The fourth-order valence-electron chi connectivity index (χ4n) is 2.54. The van der Waals surface area contributed by atoms with Crippen molar-refractivity contribution in [3.05, 3.63) is 46.7 Å². The van der Waals surface area contributed by atoms with E-state index < -0.39 is 30.8 Å². The van der Waals surface area contributed by atoms with Crippen molar-refractivity contribution in [3.63, 3.8) is 0 Å². The summed E-state index contributed by atoms with van der Waals surface area (Å²) >= 11 is 5.99. The Kier molecular flexibility index (Phi) is 6.31. The molecule has 2 aromatic rings. The summed E-state index contributed by atoms with van der Waals surface area (Å²) in [5, 5.41) is 15.8. The molecule has 140 valence electrons. The number of amides is 1. The van der Waals surface area contributed by atoms with Crippen LogP contribution in [0.15, 0.2) is 30.5 Å². The number of carbonyl (C=O) groups is 2. The van der Waals surface area contributed by atoms with Crippen molar-refractivity contribution >= 4 is 23.5 Å². The van der Waals surface area contributed by atoms with E-state index in [4.69, 9.17) is 16.7 Å². The zero-order valence-corrected chi connectivity index (χ0v) is 14.9. The van der Waals surface area contributed by atoms with Gasteiger partial charge in [-0.15, -0.1) is 0 Å². The number of carboxylic acid groups (broad SMARTS) is 1. The van der Waals surface area contributed by atoms with Crippen molar-refractivity contribution in [2.75, 3.05) is 0 Å². The summed E-state index contributed by atoms with van der Waals surface area (Å²) < 4.78 is 26.6. The molecule has 0 aliphatic carbocycles. The van der Waals surface area contributed by atoms with Gasteiger partial charge in [-0.25, -0.2) is 18.3 Å². The molecule has 1 amide bonds. The SMILES string of the molecule is CC(C)c1c(C(=O)NC(CC(F)F)C(=O)O)cnn1-c1cccc(Cl)c1. The lowest BCUT2D eigenvalue weighted by molar-refractivity contribution is -0.140. The third-order valence-corrected chi connectivity index (χ3v) is 3.90. The van der Waals surface area contributed by atoms with E-state index in [2.05, 4.69) is 10.4 Å². The first-order valence-electron chi connectivity index (χ1n) is 7.86. The molecule has 1 aromatic heterocycles. The Morgan fingerprint density at radius 2 is 2.04 bits per heavy atom. The largest absolute Gasteiger partial charge is 0.480 e. The van der Waals surface area contributed by atoms with Gasteiger partial charge in [0.05, 0.1) is 23.1 Å². The van der Waals surface area contributed by atoms with E-state index in [0.717, 1.165) is 0 Å². The number of nitrogens with one attached hydrogen (secondary N) is 1. The minimum absolute atomic E-state index is 0.125. The third kappa shape index (κ3) is 4.57. The number of nitrogens with zero attached hydrogens (tertiary/aromatic N) is 2. The minimum Gasteiger partial charge on any atom is -0.480 e. The van der Waals surface area contributed by atoms with Crippen LogP contribution in [0.1, 0.15) is 42.2 Å². The first-order chi connectivity index (χ1) is 12.2. The highest BCUT2D eigenvalue weighted by atomic mass is 35.5. The Bertz CT molecular complexity index is 808. The number of hydrogen-bond acceptors (Lipinski definition) is 3. The number of halogens is 3. The number of carbonyl (C=O) groups excluding carboxylic acids is 1. The predicted octanol–water partition coefficient (Wildman–Crippen LogP) is 3.49. The average Bonchev–Trinajstić information content (AvgIpc) is 2.99. The Morgan fingerprint density at radius 3 is 2.58 bits per heavy atom. The highest BCUT2D eigenvalue weighted by molar-refractivity contribution is 6.30. The number of benzene rings is 1. The molecule has 1 aromatic carbocycles. The van der Waals surface area contributed by atoms with Crippen LogP contribution in [0.5, 0.6) is 0 Å². The normalized spacial score (nSPS) is 12.4. The van der Waals surface area contributed by atoms with E-state index in [-0.39, 0.29) is 11.5 Å². The number of hydrogen-bond donors (Lipinski definition) is 2. The van der Waals surface area contributed by atoms with Crippen LogP contribution in [-0.4, -0.2) is 39.2 Å². The zero-order chi connectivity index (χ0) is 19.4. The van der Waals surface area contributed by atoms with Crippen molar-refractivity contribution in [1.29, 1.82) is 0 Å². The molecule has 0 saturated carbocycles. The van der Waals surface area contributed by atoms with Gasteiger partial charge in [0.1, 0.15) is 6.04 Å². The molecule has 0 spiro atoms. The van der Waals surface area contributed by atoms with Gasteiger partial charge in [-0.3, -0.25) is 4.79 Å². The van der Waals surface area contributed by atoms with Crippen LogP contribution >= 0.6 is 11.6 Å². The second kappa shape index (κ2) is 8.27. The van der Waals surface area contributed by atoms with Crippen molar-refractivity contribution < 1.29 is 23.5 Å². The van der Waals surface area contributed by atoms with Crippen LogP contribution in [0.2, 0.25) is 5.02 Å². The van der Waals surface area contributed by atoms with Gasteiger partial charge in [-0.05, 0) is 24.1 Å². The molecule has 1 heterocycles. The molecule has 0 radical (unpaired) electrons. The van der Waals surface area contributed by atoms with Crippen LogP contribution < -0.4 is 5.32 Å². The Balaban J connectivity index is 2.37. The van der Waals surface area contributed by atoms with Gasteiger partial charge >= 0.3 is 5.97 Å². The lowest BCUT2D eigenvalue weighted by Gasteiger charge is -2.16. The average molecular weight is 386 g/mol. The van der Waals surface area contributed by atoms with Gasteiger partial charge in [0.2, 0.25) is 6.43 Å². The number of rotatable bonds is 7. The van der Waals surface area contributed by atoms with Crippen molar-refractivity contribution in [2.45, 2.75) is 38.7 Å². The molecule has 1 unspecified atom stereocenters. The van der Waals surface area contributed by atoms with Crippen LogP contribution in [0.3, 0.4) is 0 Å². The van der Waals surface area contributed by atoms with E-state index in [1.165, 1.54) is 10.9 Å². The molecule has 6 nitrogen and oxygen atoms in total. The molecule has 2 N–H and O–H groups in total. The summed E-state index contributed by atoms with van der Waals surface area (Å²) in [6.45, 7) is 3.67. The maximum Gasteiger partial charge on any atom is 0.326 e. The first-order valence-corrected chi connectivity index (χ1v) is 8.24. The van der Waals surface area contributed by atoms with Gasteiger partial charge in [-0.1, -0.05) is 31.5 Å². The lowest BCUT2D eigenvalue weighted by Crippen LogP contribution is -2.42. The van der Waals surface area contributed by atoms with E-state index >= 15 is 0 Å². The summed E-state index contributed by atoms with van der Waals surface area (Å²) in [5.41, 5.74) is 1.27. The molecule has 1 atom stereocenters. The van der Waals surface area contributed by atoms with Crippen molar-refractivity contribution in [1.82, 2.24) is 15.1 Å². The van der Waals surface area contributed by atoms with E-state index in [1.807, 2.05) is 13.8 Å². The fourth-order valence-corrected chi connectivity index (χ4v) is 2.72. The monoisotopic (exact) mass is 385 g/mol. The van der Waals surface area contributed by atoms with Crippen molar-refractivity contribution in [2.24, 2.45) is 0 Å². The van der Waals surface area contributed by atoms with Crippen LogP contribution in [0.4, 0.5) is 8.78 Å². The van der Waals surface area contributed by atoms with E-state index in [1.54, 1.807) is 24.3 Å². The summed E-state index contributed by atoms with van der Waals surface area (Å²) in [7, 11) is 0. The predicted molar refractivity (Wildman–Crippen MR) is 92.2 cm³/mol. The molecule has 0 bridgehead atoms. The summed E-state index contributed by atoms with van der Waals surface area (Å²) in [4.78, 5) is 23.6. The van der Waals surface area contributed by atoms with Crippen LogP contribution in [-0.2, 0) is 4.79 Å². The second-order valence-corrected chi connectivity index (χ2v) is 6.42. The molecular weight excluding hydrogens is 368 g/mol. The summed E-state index contributed by atoms with van der Waals surface area (Å²) in [6, 6.07) is 5.16. The lowest BCUT2D eigenvalue weighted by atomic mass is 10.0. The molecular formula is C17H18ClF2N3O3. The maximum absolute atomic E-state index is 12.5. The summed E-state index contributed by atoms with van der Waals surface area (Å²) in [5.74, 6) is -2.43. The van der Waals surface area contributed by atoms with Gasteiger partial charge < -0.3 is 10.4 Å². The van der Waals surface area contributed by atoms with Crippen molar-refractivity contribution in [3.8, 4) is 5.69 Å². The number of alkyl halides is 2. The molecule has 2 rings (SSSR count). The fraction of sp³-hybridized carbons (Fsp3) is 0.353. The van der Waals surface area contributed by atoms with Crippen LogP contribution in [0.25, 0.3) is 5.69 Å². The molecule has 0 aliphatic rings. The van der Waals surface area contributed by atoms with Gasteiger partial charge in [0, 0.05) is 11.4 Å². The van der Waals surface area contributed by atoms with Gasteiger partial charge in [-0.2, -0.15) is 5.10 Å². The van der Waals surface area contributed by atoms with E-state index in [9.17, 15) is 18.4 Å².